The summed E-state index contributed by atoms with van der Waals surface area (Å²) >= 11 is 0. The van der Waals surface area contributed by atoms with Gasteiger partial charge in [-0.15, -0.1) is 0 Å². The van der Waals surface area contributed by atoms with Crippen LogP contribution in [0, 0.1) is 0 Å². The summed E-state index contributed by atoms with van der Waals surface area (Å²) in [7, 11) is 9.68. The number of nitrogens with one attached hydrogen (secondary N) is 3. The van der Waals surface area contributed by atoms with Crippen LogP contribution in [0.25, 0.3) is 0 Å². The number of unbranched alkanes of at least 4 members (excludes halogenated alkanes) is 1. The van der Waals surface area contributed by atoms with Crippen LogP contribution in [0.15, 0.2) is 0 Å². The van der Waals surface area contributed by atoms with Crippen LogP contribution in [0.2, 0.25) is 0 Å². The third-order valence-electron chi connectivity index (χ3n) is 2.32. The summed E-state index contributed by atoms with van der Waals surface area (Å²) in [5, 5.41) is 6.86. The number of amides is 4. The monoisotopic (exact) mass is 278 g/mol. The van der Waals surface area contributed by atoms with Gasteiger partial charge in [-0.05, 0) is 19.3 Å². The van der Waals surface area contributed by atoms with Gasteiger partial charge in [0.1, 0.15) is 6.04 Å². The molecule has 0 spiro atoms. The van der Waals surface area contributed by atoms with Crippen LogP contribution in [-0.2, 0) is 9.59 Å². The maximum atomic E-state index is 11.4. The fourth-order valence-electron chi connectivity index (χ4n) is 1.38. The molecule has 0 aromatic heterocycles. The van der Waals surface area contributed by atoms with Crippen molar-refractivity contribution in [2.45, 2.75) is 25.3 Å². The molecule has 0 aliphatic rings. The number of hydrogen-bond acceptors (Lipinski definition) is 4. The second kappa shape index (κ2) is 9.88. The van der Waals surface area contributed by atoms with Gasteiger partial charge < -0.3 is 21.7 Å². The van der Waals surface area contributed by atoms with Gasteiger partial charge in [-0.3, -0.25) is 19.2 Å². The fraction of sp³-hybridized carbons (Fsp3) is 0.600. The van der Waals surface area contributed by atoms with E-state index in [0.717, 1.165) is 0 Å². The van der Waals surface area contributed by atoms with E-state index in [4.69, 9.17) is 21.4 Å². The van der Waals surface area contributed by atoms with Gasteiger partial charge in [-0.2, -0.15) is 0 Å². The van der Waals surface area contributed by atoms with Crippen LogP contribution >= 0.6 is 0 Å². The molecule has 1 unspecified atom stereocenters. The van der Waals surface area contributed by atoms with Gasteiger partial charge >= 0.3 is 0 Å². The third-order valence-corrected chi connectivity index (χ3v) is 2.32. The van der Waals surface area contributed by atoms with Crippen LogP contribution in [0.1, 0.15) is 19.3 Å². The van der Waals surface area contributed by atoms with Crippen LogP contribution in [0.3, 0.4) is 0 Å². The number of primary amides is 1. The number of carbonyl (C=O) groups excluding carboxylic acids is 4. The second-order valence-electron chi connectivity index (χ2n) is 4.03. The largest absolute Gasteiger partial charge is 0.368 e. The van der Waals surface area contributed by atoms with E-state index in [2.05, 4.69) is 16.0 Å². The van der Waals surface area contributed by atoms with Crippen molar-refractivity contribution in [1.29, 1.82) is 0 Å². The lowest BCUT2D eigenvalue weighted by Crippen LogP contribution is -2.47. The first-order chi connectivity index (χ1) is 9.32. The summed E-state index contributed by atoms with van der Waals surface area (Å²) in [6.07, 6.45) is 1.46. The molecule has 5 N–H and O–H groups in total. The highest BCUT2D eigenvalue weighted by Gasteiger charge is 2.17. The quantitative estimate of drug-likeness (QED) is 0.284. The predicted molar refractivity (Wildman–Crippen MR) is 73.3 cm³/mol. The lowest BCUT2D eigenvalue weighted by Gasteiger charge is -2.15. The van der Waals surface area contributed by atoms with Crippen LogP contribution in [0.5, 0.6) is 0 Å². The molecule has 0 bridgehead atoms. The molecule has 0 aliphatic carbocycles. The molecule has 10 heteroatoms. The van der Waals surface area contributed by atoms with Crippen molar-refractivity contribution >= 4 is 39.1 Å². The topological polar surface area (TPSA) is 130 Å². The van der Waals surface area contributed by atoms with E-state index in [1.165, 1.54) is 0 Å². The molecule has 20 heavy (non-hydrogen) atoms. The molecule has 0 heterocycles. The van der Waals surface area contributed by atoms with E-state index >= 15 is 0 Å². The molecule has 0 aliphatic heterocycles. The summed E-state index contributed by atoms with van der Waals surface area (Å²) in [6, 6.07) is -0.842. The van der Waals surface area contributed by atoms with E-state index in [1.54, 1.807) is 0 Å². The number of hydrogen-bond donors (Lipinski definition) is 4. The fourth-order valence-corrected chi connectivity index (χ4v) is 1.38. The maximum Gasteiger partial charge on any atom is 0.240 e. The SMILES string of the molecule is [B]C(=O)NCCCCC(NC(=O)CNC([B])=O)C(N)=O. The predicted octanol–water partition coefficient (Wildman–Crippen LogP) is -2.12. The summed E-state index contributed by atoms with van der Waals surface area (Å²) < 4.78 is 0. The first-order valence-corrected chi connectivity index (χ1v) is 5.98. The average Bonchev–Trinajstić information content (AvgIpc) is 2.33. The van der Waals surface area contributed by atoms with E-state index < -0.39 is 29.5 Å². The Morgan fingerprint density at radius 3 is 2.10 bits per heavy atom. The first kappa shape index (κ1) is 18.0. The van der Waals surface area contributed by atoms with Crippen molar-refractivity contribution in [3.05, 3.63) is 0 Å². The van der Waals surface area contributed by atoms with Crippen molar-refractivity contribution in [1.82, 2.24) is 16.0 Å². The molecule has 0 fully saturated rings. The van der Waals surface area contributed by atoms with Gasteiger partial charge in [0.25, 0.3) is 0 Å². The van der Waals surface area contributed by atoms with Crippen molar-refractivity contribution in [2.24, 2.45) is 5.73 Å². The van der Waals surface area contributed by atoms with Crippen molar-refractivity contribution in [3.8, 4) is 0 Å². The zero-order valence-electron chi connectivity index (χ0n) is 11.0. The number of nitrogens with two attached hydrogens (primary N) is 1. The molecule has 0 saturated heterocycles. The summed E-state index contributed by atoms with van der Waals surface area (Å²) in [4.78, 5) is 43.4. The Kier molecular flexibility index (Phi) is 8.89. The minimum atomic E-state index is -0.842. The Bertz CT molecular complexity index is 378. The van der Waals surface area contributed by atoms with Crippen molar-refractivity contribution in [3.63, 3.8) is 0 Å². The molecular weight excluding hydrogens is 262 g/mol. The Morgan fingerprint density at radius 1 is 1.00 bits per heavy atom. The average molecular weight is 278 g/mol. The normalized spacial score (nSPS) is 11.2. The smallest absolute Gasteiger partial charge is 0.240 e. The van der Waals surface area contributed by atoms with E-state index in [9.17, 15) is 19.2 Å². The molecule has 0 aromatic carbocycles. The highest BCUT2D eigenvalue weighted by Crippen LogP contribution is 2.00. The lowest BCUT2D eigenvalue weighted by molar-refractivity contribution is -0.126. The Morgan fingerprint density at radius 2 is 1.60 bits per heavy atom. The van der Waals surface area contributed by atoms with Gasteiger partial charge in [0, 0.05) is 6.54 Å². The highest BCUT2D eigenvalue weighted by atomic mass is 16.2. The summed E-state index contributed by atoms with van der Waals surface area (Å²) in [6.45, 7) is 0.0420. The Labute approximate surface area is 119 Å². The van der Waals surface area contributed by atoms with E-state index in [0.29, 0.717) is 25.8 Å². The first-order valence-electron chi connectivity index (χ1n) is 5.98. The van der Waals surface area contributed by atoms with Gasteiger partial charge in [-0.25, -0.2) is 0 Å². The molecule has 4 radical (unpaired) electrons. The second-order valence-corrected chi connectivity index (χ2v) is 4.03. The highest BCUT2D eigenvalue weighted by molar-refractivity contribution is 6.57. The number of carbonyl (C=O) groups is 4. The zero-order chi connectivity index (χ0) is 15.5. The molecular formula is C10H16B2N4O4. The van der Waals surface area contributed by atoms with E-state index in [-0.39, 0.29) is 6.54 Å². The summed E-state index contributed by atoms with van der Waals surface area (Å²) in [5.74, 6) is -2.71. The minimum Gasteiger partial charge on any atom is -0.368 e. The minimum absolute atomic E-state index is 0.318. The standard InChI is InChI=1S/C10H16B2N4O4/c11-9(19)14-4-2-1-3-6(8(13)18)16-7(17)5-15-10(12)20/h6H,1-5H2,(H2,13,18)(H,14,19)(H,15,20)(H,16,17). The van der Waals surface area contributed by atoms with Crippen LogP contribution in [-0.4, -0.2) is 58.3 Å². The summed E-state index contributed by atoms with van der Waals surface area (Å²) in [5.41, 5.74) is 5.15. The molecule has 8 nitrogen and oxygen atoms in total. The van der Waals surface area contributed by atoms with Gasteiger partial charge in [0.15, 0.2) is 19.5 Å². The molecule has 4 amide bonds. The van der Waals surface area contributed by atoms with Gasteiger partial charge in [0.2, 0.25) is 19.7 Å². The van der Waals surface area contributed by atoms with Crippen LogP contribution < -0.4 is 21.7 Å². The van der Waals surface area contributed by atoms with E-state index in [1.807, 2.05) is 0 Å². The van der Waals surface area contributed by atoms with Crippen molar-refractivity contribution in [2.75, 3.05) is 13.1 Å². The zero-order valence-corrected chi connectivity index (χ0v) is 11.0. The molecule has 0 rings (SSSR count). The molecule has 1 atom stereocenters. The molecule has 0 aromatic rings. The van der Waals surface area contributed by atoms with Crippen molar-refractivity contribution < 1.29 is 19.2 Å². The maximum absolute atomic E-state index is 11.4. The van der Waals surface area contributed by atoms with Crippen LogP contribution in [0.4, 0.5) is 9.59 Å². The molecule has 106 valence electrons. The molecule has 0 saturated carbocycles. The number of rotatable bonds is 9. The van der Waals surface area contributed by atoms with Gasteiger partial charge in [-0.1, -0.05) is 0 Å². The lowest BCUT2D eigenvalue weighted by atomic mass is 10.1. The Balaban J connectivity index is 3.98. The van der Waals surface area contributed by atoms with Gasteiger partial charge in [0.05, 0.1) is 6.54 Å². The third kappa shape index (κ3) is 9.98. The Hall–Kier alpha value is -1.99.